The van der Waals surface area contributed by atoms with Gasteiger partial charge in [-0.2, -0.15) is 0 Å². The molecule has 6 heteroatoms. The number of aliphatic hydroxyl groups is 1. The number of benzene rings is 1. The van der Waals surface area contributed by atoms with Crippen molar-refractivity contribution >= 4 is 11.9 Å². The van der Waals surface area contributed by atoms with E-state index in [2.05, 4.69) is 5.32 Å². The summed E-state index contributed by atoms with van der Waals surface area (Å²) in [5.41, 5.74) is 1.10. The summed E-state index contributed by atoms with van der Waals surface area (Å²) < 4.78 is 4.96. The Morgan fingerprint density at radius 2 is 2.06 bits per heavy atom. The summed E-state index contributed by atoms with van der Waals surface area (Å²) >= 11 is 0. The molecule has 1 atom stereocenters. The van der Waals surface area contributed by atoms with Gasteiger partial charge < -0.3 is 20.3 Å². The van der Waals surface area contributed by atoms with Crippen LogP contribution in [0.25, 0.3) is 0 Å². The Hall–Kier alpha value is -1.92. The maximum absolute atomic E-state index is 11.8. The Morgan fingerprint density at radius 1 is 1.39 bits per heavy atom. The number of amides is 1. The zero-order chi connectivity index (χ0) is 13.5. The fourth-order valence-electron chi connectivity index (χ4n) is 1.40. The highest BCUT2D eigenvalue weighted by Gasteiger charge is 2.16. The predicted molar refractivity (Wildman–Crippen MR) is 63.1 cm³/mol. The third-order valence-corrected chi connectivity index (χ3v) is 2.30. The summed E-state index contributed by atoms with van der Waals surface area (Å²) in [7, 11) is 1.52. The van der Waals surface area contributed by atoms with Crippen LogP contribution >= 0.6 is 0 Å². The van der Waals surface area contributed by atoms with Crippen molar-refractivity contribution in [3.05, 3.63) is 35.4 Å². The number of hydrogen-bond acceptors (Lipinski definition) is 4. The van der Waals surface area contributed by atoms with Crippen LogP contribution in [0.5, 0.6) is 0 Å². The van der Waals surface area contributed by atoms with Gasteiger partial charge in [0.25, 0.3) is 5.91 Å². The van der Waals surface area contributed by atoms with Crippen LogP contribution in [0.2, 0.25) is 0 Å². The molecule has 1 rings (SSSR count). The molecule has 0 unspecified atom stereocenters. The van der Waals surface area contributed by atoms with Gasteiger partial charge in [-0.1, -0.05) is 18.2 Å². The van der Waals surface area contributed by atoms with Crippen LogP contribution in [-0.4, -0.2) is 41.8 Å². The second-order valence-electron chi connectivity index (χ2n) is 3.65. The molecule has 98 valence electrons. The number of aliphatic hydroxyl groups excluding tert-OH is 1. The van der Waals surface area contributed by atoms with Crippen LogP contribution in [0, 0.1) is 0 Å². The number of nitrogens with one attached hydrogen (secondary N) is 1. The lowest BCUT2D eigenvalue weighted by Gasteiger charge is -2.10. The molecule has 0 heterocycles. The topological polar surface area (TPSA) is 95.9 Å². The Morgan fingerprint density at radius 3 is 2.67 bits per heavy atom. The second kappa shape index (κ2) is 6.73. The second-order valence-corrected chi connectivity index (χ2v) is 3.65. The standard InChI is InChI=1S/C12H15NO5/c1-18-7-8-4-2-3-5-9(8)11(15)13-6-10(14)12(16)17/h2-5,10,14H,6-7H2,1H3,(H,13,15)(H,16,17)/t10-/m0/s1. The molecule has 0 fully saturated rings. The van der Waals surface area contributed by atoms with Crippen molar-refractivity contribution < 1.29 is 24.5 Å². The number of carboxylic acids is 1. The molecule has 0 spiro atoms. The van der Waals surface area contributed by atoms with E-state index in [0.717, 1.165) is 0 Å². The van der Waals surface area contributed by atoms with Gasteiger partial charge in [-0.3, -0.25) is 4.79 Å². The van der Waals surface area contributed by atoms with Gasteiger partial charge >= 0.3 is 5.97 Å². The molecule has 0 saturated carbocycles. The van der Waals surface area contributed by atoms with Gasteiger partial charge in [-0.25, -0.2) is 4.79 Å². The van der Waals surface area contributed by atoms with Gasteiger partial charge in [-0.15, -0.1) is 0 Å². The molecule has 3 N–H and O–H groups in total. The molecule has 0 aliphatic heterocycles. The predicted octanol–water partition coefficient (Wildman–Crippen LogP) is 0.00830. The summed E-state index contributed by atoms with van der Waals surface area (Å²) in [6.45, 7) is -0.0550. The molecule has 0 bridgehead atoms. The normalized spacial score (nSPS) is 11.9. The first-order valence-corrected chi connectivity index (χ1v) is 5.32. The Kier molecular flexibility index (Phi) is 5.29. The molecule has 0 aliphatic rings. The third-order valence-electron chi connectivity index (χ3n) is 2.30. The number of carbonyl (C=O) groups is 2. The number of carbonyl (C=O) groups excluding carboxylic acids is 1. The average Bonchev–Trinajstić information content (AvgIpc) is 2.36. The molecule has 18 heavy (non-hydrogen) atoms. The Bertz CT molecular complexity index is 432. The zero-order valence-corrected chi connectivity index (χ0v) is 9.92. The molecule has 0 radical (unpaired) electrons. The van der Waals surface area contributed by atoms with E-state index in [1.54, 1.807) is 24.3 Å². The molecule has 6 nitrogen and oxygen atoms in total. The van der Waals surface area contributed by atoms with E-state index >= 15 is 0 Å². The van der Waals surface area contributed by atoms with E-state index in [1.807, 2.05) is 0 Å². The van der Waals surface area contributed by atoms with E-state index in [0.29, 0.717) is 11.1 Å². The summed E-state index contributed by atoms with van der Waals surface area (Å²) in [5.74, 6) is -1.82. The number of methoxy groups -OCH3 is 1. The number of ether oxygens (including phenoxy) is 1. The smallest absolute Gasteiger partial charge is 0.334 e. The van der Waals surface area contributed by atoms with Crippen molar-refractivity contribution in [1.82, 2.24) is 5.32 Å². The summed E-state index contributed by atoms with van der Waals surface area (Å²) in [4.78, 5) is 22.2. The zero-order valence-electron chi connectivity index (χ0n) is 9.92. The number of hydrogen-bond donors (Lipinski definition) is 3. The van der Waals surface area contributed by atoms with Crippen molar-refractivity contribution in [3.63, 3.8) is 0 Å². The average molecular weight is 253 g/mol. The molecular weight excluding hydrogens is 238 g/mol. The highest BCUT2D eigenvalue weighted by atomic mass is 16.5. The fraction of sp³-hybridized carbons (Fsp3) is 0.333. The van der Waals surface area contributed by atoms with Gasteiger partial charge in [0.05, 0.1) is 13.2 Å². The SMILES string of the molecule is COCc1ccccc1C(=O)NC[C@H](O)C(=O)O. The minimum absolute atomic E-state index is 0.283. The first-order valence-electron chi connectivity index (χ1n) is 5.32. The van der Waals surface area contributed by atoms with Gasteiger partial charge in [0.15, 0.2) is 6.10 Å². The van der Waals surface area contributed by atoms with Crippen LogP contribution in [0.4, 0.5) is 0 Å². The van der Waals surface area contributed by atoms with E-state index < -0.39 is 18.0 Å². The first kappa shape index (κ1) is 14.1. The number of aliphatic carboxylic acids is 1. The van der Waals surface area contributed by atoms with Crippen LogP contribution < -0.4 is 5.32 Å². The number of rotatable bonds is 6. The quantitative estimate of drug-likeness (QED) is 0.663. The lowest BCUT2D eigenvalue weighted by molar-refractivity contribution is -0.146. The van der Waals surface area contributed by atoms with Crippen molar-refractivity contribution in [2.75, 3.05) is 13.7 Å². The van der Waals surface area contributed by atoms with E-state index in [-0.39, 0.29) is 13.2 Å². The van der Waals surface area contributed by atoms with Crippen molar-refractivity contribution in [1.29, 1.82) is 0 Å². The van der Waals surface area contributed by atoms with Gasteiger partial charge in [-0.05, 0) is 11.6 Å². The minimum atomic E-state index is -1.61. The fourth-order valence-corrected chi connectivity index (χ4v) is 1.40. The van der Waals surface area contributed by atoms with Crippen molar-refractivity contribution in [2.24, 2.45) is 0 Å². The van der Waals surface area contributed by atoms with Gasteiger partial charge in [0.2, 0.25) is 0 Å². The van der Waals surface area contributed by atoms with Crippen LogP contribution in [0.15, 0.2) is 24.3 Å². The van der Waals surface area contributed by atoms with Crippen LogP contribution in [0.3, 0.4) is 0 Å². The summed E-state index contributed by atoms with van der Waals surface area (Å²) in [6, 6.07) is 6.82. The Balaban J connectivity index is 2.69. The van der Waals surface area contributed by atoms with E-state index in [1.165, 1.54) is 7.11 Å². The number of carboxylic acid groups (broad SMARTS) is 1. The molecule has 0 saturated heterocycles. The third kappa shape index (κ3) is 3.83. The lowest BCUT2D eigenvalue weighted by Crippen LogP contribution is -2.36. The summed E-state index contributed by atoms with van der Waals surface area (Å²) in [6.07, 6.45) is -1.61. The van der Waals surface area contributed by atoms with Crippen LogP contribution in [0.1, 0.15) is 15.9 Å². The van der Waals surface area contributed by atoms with Crippen LogP contribution in [-0.2, 0) is 16.1 Å². The lowest BCUT2D eigenvalue weighted by atomic mass is 10.1. The largest absolute Gasteiger partial charge is 0.479 e. The molecule has 1 amide bonds. The Labute approximate surface area is 104 Å². The highest BCUT2D eigenvalue weighted by Crippen LogP contribution is 2.09. The van der Waals surface area contributed by atoms with Gasteiger partial charge in [0.1, 0.15) is 0 Å². The maximum atomic E-state index is 11.8. The molecule has 1 aromatic rings. The molecule has 0 aliphatic carbocycles. The first-order chi connectivity index (χ1) is 8.56. The minimum Gasteiger partial charge on any atom is -0.479 e. The van der Waals surface area contributed by atoms with E-state index in [4.69, 9.17) is 14.9 Å². The highest BCUT2D eigenvalue weighted by molar-refractivity contribution is 5.95. The maximum Gasteiger partial charge on any atom is 0.334 e. The van der Waals surface area contributed by atoms with Crippen molar-refractivity contribution in [2.45, 2.75) is 12.7 Å². The van der Waals surface area contributed by atoms with Crippen molar-refractivity contribution in [3.8, 4) is 0 Å². The molecule has 1 aromatic carbocycles. The summed E-state index contributed by atoms with van der Waals surface area (Å²) in [5, 5.41) is 19.9. The van der Waals surface area contributed by atoms with Gasteiger partial charge in [0, 0.05) is 12.7 Å². The van der Waals surface area contributed by atoms with E-state index in [9.17, 15) is 9.59 Å². The molecular formula is C12H15NO5. The monoisotopic (exact) mass is 253 g/mol. The molecule has 0 aromatic heterocycles.